The molecule has 3 N–H and O–H groups in total. The van der Waals surface area contributed by atoms with Crippen LogP contribution in [0.15, 0.2) is 0 Å². The second kappa shape index (κ2) is 5.86. The van der Waals surface area contributed by atoms with Gasteiger partial charge in [0, 0.05) is 6.54 Å². The van der Waals surface area contributed by atoms with Crippen molar-refractivity contribution in [2.24, 2.45) is 11.7 Å². The van der Waals surface area contributed by atoms with E-state index in [1.54, 1.807) is 4.90 Å². The van der Waals surface area contributed by atoms with E-state index in [2.05, 4.69) is 5.32 Å². The normalized spacial score (nSPS) is 27.3. The minimum atomic E-state index is -0.491. The van der Waals surface area contributed by atoms with Crippen LogP contribution in [0.4, 0.5) is 0 Å². The molecule has 3 atom stereocenters. The number of hydrogen-bond donors (Lipinski definition) is 2. The molecule has 2 fully saturated rings. The minimum absolute atomic E-state index is 0. The summed E-state index contributed by atoms with van der Waals surface area (Å²) in [6, 6.07) is -0.491. The van der Waals surface area contributed by atoms with Crippen molar-refractivity contribution in [2.45, 2.75) is 38.6 Å². The molecule has 6 nitrogen and oxygen atoms in total. The number of fused-ring (bicyclic) bond motifs is 1. The molecule has 3 unspecified atom stereocenters. The van der Waals surface area contributed by atoms with Crippen LogP contribution < -0.4 is 11.1 Å². The summed E-state index contributed by atoms with van der Waals surface area (Å²) in [4.78, 5) is 24.4. The van der Waals surface area contributed by atoms with Gasteiger partial charge in [-0.3, -0.25) is 9.59 Å². The molecule has 2 aliphatic heterocycles. The van der Waals surface area contributed by atoms with Gasteiger partial charge < -0.3 is 20.7 Å². The fourth-order valence-electron chi connectivity index (χ4n) is 2.00. The van der Waals surface area contributed by atoms with E-state index in [0.29, 0.717) is 19.5 Å². The zero-order valence-electron chi connectivity index (χ0n) is 10.6. The van der Waals surface area contributed by atoms with Crippen LogP contribution in [0.5, 0.6) is 0 Å². The molecule has 2 saturated heterocycles. The van der Waals surface area contributed by atoms with Crippen LogP contribution in [0, 0.1) is 5.92 Å². The number of nitrogens with one attached hydrogen (secondary N) is 1. The number of β-lactam (4-membered cyclic amide) rings is 1. The Labute approximate surface area is 113 Å². The van der Waals surface area contributed by atoms with Gasteiger partial charge >= 0.3 is 0 Å². The maximum Gasteiger partial charge on any atom is 0.237 e. The zero-order chi connectivity index (χ0) is 12.6. The van der Waals surface area contributed by atoms with E-state index >= 15 is 0 Å². The first kappa shape index (κ1) is 15.2. The molecule has 0 saturated carbocycles. The van der Waals surface area contributed by atoms with Gasteiger partial charge in [0.1, 0.15) is 6.23 Å². The van der Waals surface area contributed by atoms with Gasteiger partial charge in [-0.1, -0.05) is 13.8 Å². The van der Waals surface area contributed by atoms with Crippen LogP contribution in [-0.2, 0) is 14.3 Å². The Kier molecular flexibility index (Phi) is 4.95. The van der Waals surface area contributed by atoms with Gasteiger partial charge in [-0.25, -0.2) is 0 Å². The Morgan fingerprint density at radius 1 is 1.61 bits per heavy atom. The molecule has 0 spiro atoms. The van der Waals surface area contributed by atoms with Gasteiger partial charge in [-0.2, -0.15) is 0 Å². The Hall–Kier alpha value is -0.850. The number of halogens is 1. The van der Waals surface area contributed by atoms with E-state index < -0.39 is 6.04 Å². The van der Waals surface area contributed by atoms with Crippen molar-refractivity contribution in [1.29, 1.82) is 0 Å². The predicted molar refractivity (Wildman–Crippen MR) is 68.1 cm³/mol. The molecule has 7 heteroatoms. The number of nitrogens with two attached hydrogens (primary N) is 1. The van der Waals surface area contributed by atoms with Crippen molar-refractivity contribution in [3.63, 3.8) is 0 Å². The lowest BCUT2D eigenvalue weighted by atomic mass is 10.1. The van der Waals surface area contributed by atoms with E-state index in [0.717, 1.165) is 0 Å². The highest BCUT2D eigenvalue weighted by molar-refractivity contribution is 5.85. The van der Waals surface area contributed by atoms with Gasteiger partial charge in [0.25, 0.3) is 0 Å². The third kappa shape index (κ3) is 2.93. The molecule has 0 radical (unpaired) electrons. The minimum Gasteiger partial charge on any atom is -0.352 e. The van der Waals surface area contributed by atoms with Gasteiger partial charge in [0.15, 0.2) is 0 Å². The summed E-state index contributed by atoms with van der Waals surface area (Å²) >= 11 is 0. The lowest BCUT2D eigenvalue weighted by molar-refractivity contribution is -0.156. The molecule has 2 amide bonds. The van der Waals surface area contributed by atoms with Crippen molar-refractivity contribution >= 4 is 24.2 Å². The fraction of sp³-hybridized carbons (Fsp3) is 0.818. The first-order valence-electron chi connectivity index (χ1n) is 5.97. The van der Waals surface area contributed by atoms with Gasteiger partial charge in [0.05, 0.1) is 25.1 Å². The number of ether oxygens (including phenoxy) is 1. The second-order valence-corrected chi connectivity index (χ2v) is 4.98. The maximum absolute atomic E-state index is 11.6. The van der Waals surface area contributed by atoms with Crippen molar-refractivity contribution in [1.82, 2.24) is 10.2 Å². The summed E-state index contributed by atoms with van der Waals surface area (Å²) in [5.41, 5.74) is 5.72. The molecule has 104 valence electrons. The summed E-state index contributed by atoms with van der Waals surface area (Å²) in [7, 11) is 0. The molecular formula is C11H20ClN3O3. The molecule has 2 rings (SSSR count). The van der Waals surface area contributed by atoms with E-state index in [9.17, 15) is 9.59 Å². The summed E-state index contributed by atoms with van der Waals surface area (Å²) < 4.78 is 5.57. The van der Waals surface area contributed by atoms with Crippen LogP contribution in [0.25, 0.3) is 0 Å². The molecule has 2 aliphatic rings. The van der Waals surface area contributed by atoms with Crippen LogP contribution >= 0.6 is 12.4 Å². The first-order valence-corrected chi connectivity index (χ1v) is 5.97. The Morgan fingerprint density at radius 2 is 2.28 bits per heavy atom. The lowest BCUT2D eigenvalue weighted by Gasteiger charge is -2.31. The van der Waals surface area contributed by atoms with Crippen molar-refractivity contribution in [3.05, 3.63) is 0 Å². The summed E-state index contributed by atoms with van der Waals surface area (Å²) in [6.07, 6.45) is 0.300. The highest BCUT2D eigenvalue weighted by Gasteiger charge is 2.45. The number of nitrogens with zero attached hydrogens (tertiary/aromatic N) is 1. The van der Waals surface area contributed by atoms with Gasteiger partial charge in [0.2, 0.25) is 11.8 Å². The van der Waals surface area contributed by atoms with E-state index in [1.807, 2.05) is 13.8 Å². The Balaban J connectivity index is 0.00000162. The standard InChI is InChI=1S/C11H19N3O3.ClH/c1-6(2)10(12)11(16)13-4-7-5-14-8(15)3-9(14)17-7;/h6-7,9-10H,3-5,12H2,1-2H3,(H,13,16);1H. The molecule has 0 bridgehead atoms. The molecule has 0 aliphatic carbocycles. The highest BCUT2D eigenvalue weighted by atomic mass is 35.5. The third-order valence-electron chi connectivity index (χ3n) is 3.29. The number of rotatable bonds is 4. The molecule has 0 aromatic carbocycles. The van der Waals surface area contributed by atoms with Gasteiger partial charge in [-0.15, -0.1) is 12.4 Å². The summed E-state index contributed by atoms with van der Waals surface area (Å²) in [5, 5.41) is 2.76. The van der Waals surface area contributed by atoms with Crippen LogP contribution in [0.2, 0.25) is 0 Å². The Bertz CT molecular complexity index is 337. The van der Waals surface area contributed by atoms with E-state index in [1.165, 1.54) is 0 Å². The van der Waals surface area contributed by atoms with Crippen molar-refractivity contribution in [3.8, 4) is 0 Å². The molecule has 2 heterocycles. The second-order valence-electron chi connectivity index (χ2n) is 4.98. The fourth-order valence-corrected chi connectivity index (χ4v) is 2.00. The van der Waals surface area contributed by atoms with Crippen LogP contribution in [-0.4, -0.2) is 48.2 Å². The molecule has 0 aromatic heterocycles. The number of hydrogen-bond acceptors (Lipinski definition) is 4. The average molecular weight is 278 g/mol. The predicted octanol–water partition coefficient (Wildman–Crippen LogP) is -0.535. The monoisotopic (exact) mass is 277 g/mol. The molecule has 18 heavy (non-hydrogen) atoms. The molecular weight excluding hydrogens is 258 g/mol. The largest absolute Gasteiger partial charge is 0.352 e. The quantitative estimate of drug-likeness (QED) is 0.676. The zero-order valence-corrected chi connectivity index (χ0v) is 11.4. The van der Waals surface area contributed by atoms with Crippen LogP contribution in [0.3, 0.4) is 0 Å². The number of carbonyl (C=O) groups excluding carboxylic acids is 2. The highest BCUT2D eigenvalue weighted by Crippen LogP contribution is 2.28. The number of carbonyl (C=O) groups is 2. The van der Waals surface area contributed by atoms with E-state index in [-0.39, 0.29) is 42.5 Å². The maximum atomic E-state index is 11.6. The van der Waals surface area contributed by atoms with E-state index in [4.69, 9.17) is 10.5 Å². The topological polar surface area (TPSA) is 84.7 Å². The summed E-state index contributed by atoms with van der Waals surface area (Å²) in [6.45, 7) is 4.79. The SMILES string of the molecule is CC(C)C(N)C(=O)NCC1CN2C(=O)CC2O1.Cl. The van der Waals surface area contributed by atoms with Crippen molar-refractivity contribution < 1.29 is 14.3 Å². The smallest absolute Gasteiger partial charge is 0.237 e. The van der Waals surface area contributed by atoms with Crippen molar-refractivity contribution in [2.75, 3.05) is 13.1 Å². The van der Waals surface area contributed by atoms with Crippen LogP contribution in [0.1, 0.15) is 20.3 Å². The molecule has 0 aromatic rings. The Morgan fingerprint density at radius 3 is 2.78 bits per heavy atom. The third-order valence-corrected chi connectivity index (χ3v) is 3.29. The summed E-state index contributed by atoms with van der Waals surface area (Å²) in [5.74, 6) is 0.0767. The number of amides is 2. The lowest BCUT2D eigenvalue weighted by Crippen LogP contribution is -2.48. The average Bonchev–Trinajstić information content (AvgIpc) is 2.61. The van der Waals surface area contributed by atoms with Gasteiger partial charge in [-0.05, 0) is 5.92 Å². The first-order chi connectivity index (χ1) is 7.99.